The lowest BCUT2D eigenvalue weighted by atomic mass is 10.1. The molecule has 1 aliphatic heterocycles. The third kappa shape index (κ3) is 5.72. The third-order valence-corrected chi connectivity index (χ3v) is 6.78. The molecule has 1 fully saturated rings. The summed E-state index contributed by atoms with van der Waals surface area (Å²) in [5, 5.41) is 9.57. The normalized spacial score (nSPS) is 14.8. The van der Waals surface area contributed by atoms with Crippen LogP contribution in [-0.2, 0) is 16.1 Å². The van der Waals surface area contributed by atoms with Crippen LogP contribution >= 0.6 is 11.8 Å². The number of ether oxygens (including phenoxy) is 1. The highest BCUT2D eigenvalue weighted by molar-refractivity contribution is 7.99. The Balaban J connectivity index is 1.48. The van der Waals surface area contributed by atoms with Crippen LogP contribution in [-0.4, -0.2) is 64.7 Å². The minimum absolute atomic E-state index is 0.0287. The first-order valence-electron chi connectivity index (χ1n) is 11.0. The molecule has 0 N–H and O–H groups in total. The van der Waals surface area contributed by atoms with Crippen molar-refractivity contribution in [2.75, 3.05) is 44.0 Å². The second-order valence-electron chi connectivity index (χ2n) is 7.97. The van der Waals surface area contributed by atoms with Crippen molar-refractivity contribution < 1.29 is 13.9 Å². The van der Waals surface area contributed by atoms with E-state index in [0.29, 0.717) is 24.9 Å². The lowest BCUT2D eigenvalue weighted by Gasteiger charge is -2.28. The number of hydrogen-bond donors (Lipinski definition) is 0. The Labute approximate surface area is 197 Å². The van der Waals surface area contributed by atoms with Crippen molar-refractivity contribution in [3.63, 3.8) is 0 Å². The van der Waals surface area contributed by atoms with Gasteiger partial charge in [-0.1, -0.05) is 54.2 Å². The van der Waals surface area contributed by atoms with Crippen LogP contribution < -0.4 is 4.90 Å². The molecule has 1 atom stereocenters. The second kappa shape index (κ2) is 10.8. The Hall–Kier alpha value is -2.91. The Morgan fingerprint density at radius 2 is 1.82 bits per heavy atom. The minimum atomic E-state index is -0.288. The van der Waals surface area contributed by atoms with E-state index in [4.69, 9.17) is 4.74 Å². The highest BCUT2D eigenvalue weighted by Gasteiger charge is 2.23. The van der Waals surface area contributed by atoms with Crippen LogP contribution in [0.2, 0.25) is 0 Å². The van der Waals surface area contributed by atoms with Gasteiger partial charge >= 0.3 is 0 Å². The van der Waals surface area contributed by atoms with Crippen LogP contribution in [0.4, 0.5) is 10.3 Å². The first-order chi connectivity index (χ1) is 16.0. The molecule has 174 valence electrons. The lowest BCUT2D eigenvalue weighted by Crippen LogP contribution is -2.38. The summed E-state index contributed by atoms with van der Waals surface area (Å²) < 4.78 is 20.8. The van der Waals surface area contributed by atoms with E-state index in [0.717, 1.165) is 30.2 Å². The molecule has 1 saturated heterocycles. The summed E-state index contributed by atoms with van der Waals surface area (Å²) in [6.45, 7) is 5.39. The fraction of sp³-hybridized carbons (Fsp3) is 0.375. The van der Waals surface area contributed by atoms with E-state index in [1.807, 2.05) is 25.1 Å². The number of amides is 1. The van der Waals surface area contributed by atoms with Crippen LogP contribution in [0.1, 0.15) is 24.1 Å². The van der Waals surface area contributed by atoms with Crippen LogP contribution in [0.15, 0.2) is 59.8 Å². The smallest absolute Gasteiger partial charge is 0.233 e. The Bertz CT molecular complexity index is 1050. The summed E-state index contributed by atoms with van der Waals surface area (Å²) >= 11 is 1.38. The molecule has 9 heteroatoms. The maximum absolute atomic E-state index is 13.2. The Morgan fingerprint density at radius 1 is 1.12 bits per heavy atom. The van der Waals surface area contributed by atoms with Gasteiger partial charge in [0.25, 0.3) is 0 Å². The number of anilines is 1. The molecule has 7 nitrogen and oxygen atoms in total. The van der Waals surface area contributed by atoms with Crippen LogP contribution in [0.5, 0.6) is 0 Å². The van der Waals surface area contributed by atoms with Crippen molar-refractivity contribution in [2.45, 2.75) is 24.7 Å². The van der Waals surface area contributed by atoms with E-state index < -0.39 is 0 Å². The van der Waals surface area contributed by atoms with Crippen molar-refractivity contribution in [3.8, 4) is 0 Å². The summed E-state index contributed by atoms with van der Waals surface area (Å²) in [6, 6.07) is 16.2. The zero-order valence-electron chi connectivity index (χ0n) is 18.9. The number of carbonyl (C=O) groups is 1. The van der Waals surface area contributed by atoms with Gasteiger partial charge in [-0.25, -0.2) is 4.39 Å². The molecule has 0 saturated carbocycles. The van der Waals surface area contributed by atoms with E-state index >= 15 is 0 Å². The number of benzene rings is 2. The van der Waals surface area contributed by atoms with Crippen LogP contribution in [0, 0.1) is 5.82 Å². The number of carbonyl (C=O) groups excluding carboxylic acids is 1. The number of nitrogens with zero attached hydrogens (tertiary/aromatic N) is 5. The lowest BCUT2D eigenvalue weighted by molar-refractivity contribution is -0.128. The molecule has 0 spiro atoms. The molecule has 33 heavy (non-hydrogen) atoms. The highest BCUT2D eigenvalue weighted by atomic mass is 32.2. The monoisotopic (exact) mass is 469 g/mol. The molecule has 0 aliphatic carbocycles. The summed E-state index contributed by atoms with van der Waals surface area (Å²) in [7, 11) is 1.77. The molecule has 0 radical (unpaired) electrons. The molecule has 2 aromatic carbocycles. The van der Waals surface area contributed by atoms with Crippen molar-refractivity contribution >= 4 is 23.6 Å². The van der Waals surface area contributed by atoms with Gasteiger partial charge in [0.1, 0.15) is 5.82 Å². The molecule has 1 unspecified atom stereocenters. The summed E-state index contributed by atoms with van der Waals surface area (Å²) in [4.78, 5) is 16.8. The minimum Gasteiger partial charge on any atom is -0.378 e. The van der Waals surface area contributed by atoms with Crippen molar-refractivity contribution in [2.24, 2.45) is 0 Å². The number of hydrogen-bond acceptors (Lipinski definition) is 6. The van der Waals surface area contributed by atoms with Crippen LogP contribution in [0.3, 0.4) is 0 Å². The number of halogens is 1. The van der Waals surface area contributed by atoms with Crippen molar-refractivity contribution in [1.82, 2.24) is 19.7 Å². The summed E-state index contributed by atoms with van der Waals surface area (Å²) in [5.41, 5.74) is 2.03. The van der Waals surface area contributed by atoms with Gasteiger partial charge in [0.05, 0.1) is 31.6 Å². The Kier molecular flexibility index (Phi) is 7.61. The number of thioether (sulfide) groups is 1. The number of morpholine rings is 1. The van der Waals surface area contributed by atoms with Gasteiger partial charge in [-0.2, -0.15) is 0 Å². The average Bonchev–Trinajstić information content (AvgIpc) is 3.25. The SMILES string of the molecule is CC(c1ccc(F)cc1)N(C)C(=O)CSc1nnc(N2CCOCC2)n1Cc1ccccc1. The second-order valence-corrected chi connectivity index (χ2v) is 8.92. The first-order valence-corrected chi connectivity index (χ1v) is 11.9. The zero-order chi connectivity index (χ0) is 23.2. The average molecular weight is 470 g/mol. The molecular weight excluding hydrogens is 441 g/mol. The fourth-order valence-electron chi connectivity index (χ4n) is 3.70. The van der Waals surface area contributed by atoms with E-state index in [2.05, 4.69) is 31.8 Å². The van der Waals surface area contributed by atoms with Gasteiger partial charge in [0.15, 0.2) is 5.16 Å². The third-order valence-electron chi connectivity index (χ3n) is 5.83. The van der Waals surface area contributed by atoms with E-state index in [9.17, 15) is 9.18 Å². The van der Waals surface area contributed by atoms with Gasteiger partial charge in [0.2, 0.25) is 11.9 Å². The quantitative estimate of drug-likeness (QED) is 0.470. The predicted octanol–water partition coefficient (Wildman–Crippen LogP) is 3.61. The van der Waals surface area contributed by atoms with E-state index in [-0.39, 0.29) is 23.5 Å². The number of aromatic nitrogens is 3. The van der Waals surface area contributed by atoms with Crippen LogP contribution in [0.25, 0.3) is 0 Å². The summed E-state index contributed by atoms with van der Waals surface area (Å²) in [5.74, 6) is 0.714. The molecule has 1 aromatic heterocycles. The van der Waals surface area contributed by atoms with Gasteiger partial charge in [-0.15, -0.1) is 10.2 Å². The molecule has 0 bridgehead atoms. The Morgan fingerprint density at radius 3 is 2.52 bits per heavy atom. The maximum atomic E-state index is 13.2. The molecular formula is C24H28FN5O2S. The molecule has 2 heterocycles. The predicted molar refractivity (Wildman–Crippen MR) is 127 cm³/mol. The summed E-state index contributed by atoms with van der Waals surface area (Å²) in [6.07, 6.45) is 0. The van der Waals surface area contributed by atoms with Gasteiger partial charge in [-0.3, -0.25) is 9.36 Å². The van der Waals surface area contributed by atoms with Gasteiger partial charge < -0.3 is 14.5 Å². The maximum Gasteiger partial charge on any atom is 0.233 e. The largest absolute Gasteiger partial charge is 0.378 e. The van der Waals surface area contributed by atoms with Crippen molar-refractivity contribution in [1.29, 1.82) is 0 Å². The molecule has 4 rings (SSSR count). The van der Waals surface area contributed by atoms with E-state index in [1.165, 1.54) is 23.9 Å². The topological polar surface area (TPSA) is 63.5 Å². The highest BCUT2D eigenvalue weighted by Crippen LogP contribution is 2.26. The van der Waals surface area contributed by atoms with Gasteiger partial charge in [0, 0.05) is 20.1 Å². The first kappa shape index (κ1) is 23.3. The van der Waals surface area contributed by atoms with Crippen molar-refractivity contribution in [3.05, 3.63) is 71.5 Å². The van der Waals surface area contributed by atoms with Gasteiger partial charge in [-0.05, 0) is 30.2 Å². The molecule has 1 aliphatic rings. The van der Waals surface area contributed by atoms with E-state index in [1.54, 1.807) is 24.1 Å². The molecule has 1 amide bonds. The standard InChI is InChI=1S/C24H28FN5O2S/c1-18(20-8-10-21(25)11-9-20)28(2)22(31)17-33-24-27-26-23(29-12-14-32-15-13-29)30(24)16-19-6-4-3-5-7-19/h3-11,18H,12-17H2,1-2H3. The molecule has 3 aromatic rings. The fourth-order valence-corrected chi connectivity index (χ4v) is 4.56. The zero-order valence-corrected chi connectivity index (χ0v) is 19.7. The number of rotatable bonds is 8.